The Morgan fingerprint density at radius 1 is 1.03 bits per heavy atom. The number of carbonyl (C=O) groups is 2. The average Bonchev–Trinajstić information content (AvgIpc) is 2.73. The van der Waals surface area contributed by atoms with Crippen LogP contribution in [0.5, 0.6) is 17.2 Å². The Bertz CT molecular complexity index is 842. The summed E-state index contributed by atoms with van der Waals surface area (Å²) in [4.78, 5) is 24.0. The minimum absolute atomic E-state index is 0.124. The van der Waals surface area contributed by atoms with Crippen LogP contribution in [0.2, 0.25) is 0 Å². The molecule has 7 nitrogen and oxygen atoms in total. The molecule has 0 atom stereocenters. The summed E-state index contributed by atoms with van der Waals surface area (Å²) in [6.07, 6.45) is 1.42. The average molecular weight is 436 g/mol. The largest absolute Gasteiger partial charge is 0.504 e. The molecule has 0 radical (unpaired) electrons. The molecular formula is C22H26ClNO6. The highest BCUT2D eigenvalue weighted by Gasteiger charge is 2.13. The number of halogens is 1. The van der Waals surface area contributed by atoms with E-state index < -0.39 is 5.91 Å². The quantitative estimate of drug-likeness (QED) is 0.292. The number of nitrogens with one attached hydrogen (secondary N) is 1. The monoisotopic (exact) mass is 435 g/mol. The van der Waals surface area contributed by atoms with Gasteiger partial charge in [0.2, 0.25) is 0 Å². The summed E-state index contributed by atoms with van der Waals surface area (Å²) in [5, 5.41) is 12.9. The molecule has 0 saturated carbocycles. The van der Waals surface area contributed by atoms with Crippen LogP contribution >= 0.6 is 11.6 Å². The number of ether oxygens (including phenoxy) is 3. The van der Waals surface area contributed by atoms with Crippen molar-refractivity contribution < 1.29 is 28.9 Å². The van der Waals surface area contributed by atoms with Gasteiger partial charge in [0.15, 0.2) is 11.5 Å². The summed E-state index contributed by atoms with van der Waals surface area (Å²) >= 11 is 5.60. The van der Waals surface area contributed by atoms with Crippen LogP contribution in [0.15, 0.2) is 42.5 Å². The van der Waals surface area contributed by atoms with E-state index in [-0.39, 0.29) is 23.7 Å². The lowest BCUT2D eigenvalue weighted by Crippen LogP contribution is -2.13. The van der Waals surface area contributed by atoms with Crippen LogP contribution in [0.4, 0.5) is 5.69 Å². The number of benzene rings is 2. The summed E-state index contributed by atoms with van der Waals surface area (Å²) in [6, 6.07) is 11.4. The van der Waals surface area contributed by atoms with Gasteiger partial charge in [0.1, 0.15) is 5.75 Å². The molecular weight excluding hydrogens is 410 g/mol. The standard InChI is InChI=1S/C22H26ClNO6/c1-2-28-21(26)9-5-13-29-19-8-4-3-7-17(19)24-22(27)16-10-11-20(18(25)15-16)30-14-6-12-23/h3-4,7-8,10-11,15,25H,2,5-6,9,12-14H2,1H3,(H,24,27). The van der Waals surface area contributed by atoms with Gasteiger partial charge in [-0.1, -0.05) is 12.1 Å². The summed E-state index contributed by atoms with van der Waals surface area (Å²) in [7, 11) is 0. The van der Waals surface area contributed by atoms with E-state index in [4.69, 9.17) is 25.8 Å². The molecule has 0 aliphatic carbocycles. The van der Waals surface area contributed by atoms with E-state index in [0.29, 0.717) is 55.7 Å². The summed E-state index contributed by atoms with van der Waals surface area (Å²) in [5.74, 6) is 0.450. The van der Waals surface area contributed by atoms with Gasteiger partial charge in [-0.2, -0.15) is 0 Å². The number of esters is 1. The van der Waals surface area contributed by atoms with Crippen LogP contribution in [-0.2, 0) is 9.53 Å². The minimum Gasteiger partial charge on any atom is -0.504 e. The highest BCUT2D eigenvalue weighted by atomic mass is 35.5. The van der Waals surface area contributed by atoms with Gasteiger partial charge in [-0.15, -0.1) is 11.6 Å². The Labute approximate surface area is 180 Å². The number of rotatable bonds is 12. The highest BCUT2D eigenvalue weighted by Crippen LogP contribution is 2.29. The molecule has 0 unspecified atom stereocenters. The SMILES string of the molecule is CCOC(=O)CCCOc1ccccc1NC(=O)c1ccc(OCCCCl)c(O)c1. The van der Waals surface area contributed by atoms with Gasteiger partial charge < -0.3 is 24.6 Å². The fraction of sp³-hybridized carbons (Fsp3) is 0.364. The van der Waals surface area contributed by atoms with E-state index in [1.54, 1.807) is 37.3 Å². The van der Waals surface area contributed by atoms with Crippen molar-refractivity contribution in [1.82, 2.24) is 0 Å². The van der Waals surface area contributed by atoms with Crippen LogP contribution in [0.3, 0.4) is 0 Å². The van der Waals surface area contributed by atoms with Gasteiger partial charge in [0, 0.05) is 17.9 Å². The van der Waals surface area contributed by atoms with Crippen LogP contribution in [-0.4, -0.2) is 42.7 Å². The molecule has 0 aromatic heterocycles. The summed E-state index contributed by atoms with van der Waals surface area (Å²) < 4.78 is 16.0. The normalized spacial score (nSPS) is 10.3. The second-order valence-corrected chi connectivity index (χ2v) is 6.66. The van der Waals surface area contributed by atoms with E-state index in [1.807, 2.05) is 0 Å². The number of hydrogen-bond donors (Lipinski definition) is 2. The van der Waals surface area contributed by atoms with E-state index >= 15 is 0 Å². The molecule has 2 aromatic rings. The molecule has 30 heavy (non-hydrogen) atoms. The van der Waals surface area contributed by atoms with Gasteiger partial charge in [-0.3, -0.25) is 9.59 Å². The number of phenols is 1. The van der Waals surface area contributed by atoms with Crippen molar-refractivity contribution in [1.29, 1.82) is 0 Å². The number of carbonyl (C=O) groups excluding carboxylic acids is 2. The maximum Gasteiger partial charge on any atom is 0.305 e. The van der Waals surface area contributed by atoms with Crippen molar-refractivity contribution in [2.24, 2.45) is 0 Å². The van der Waals surface area contributed by atoms with Crippen molar-refractivity contribution in [3.63, 3.8) is 0 Å². The van der Waals surface area contributed by atoms with E-state index in [1.165, 1.54) is 12.1 Å². The van der Waals surface area contributed by atoms with E-state index in [0.717, 1.165) is 0 Å². The third-order valence-corrected chi connectivity index (χ3v) is 4.25. The Morgan fingerprint density at radius 2 is 1.77 bits per heavy atom. The number of anilines is 1. The maximum absolute atomic E-state index is 12.6. The fourth-order valence-electron chi connectivity index (χ4n) is 2.54. The molecule has 2 rings (SSSR count). The second kappa shape index (κ2) is 12.6. The van der Waals surface area contributed by atoms with Crippen molar-refractivity contribution in [3.8, 4) is 17.2 Å². The predicted molar refractivity (Wildman–Crippen MR) is 115 cm³/mol. The van der Waals surface area contributed by atoms with Gasteiger partial charge >= 0.3 is 5.97 Å². The van der Waals surface area contributed by atoms with E-state index in [9.17, 15) is 14.7 Å². The lowest BCUT2D eigenvalue weighted by molar-refractivity contribution is -0.143. The Hall–Kier alpha value is -2.93. The molecule has 162 valence electrons. The zero-order valence-electron chi connectivity index (χ0n) is 16.9. The van der Waals surface area contributed by atoms with Gasteiger partial charge in [-0.05, 0) is 50.1 Å². The Morgan fingerprint density at radius 3 is 2.50 bits per heavy atom. The first-order chi connectivity index (χ1) is 14.5. The highest BCUT2D eigenvalue weighted by molar-refractivity contribution is 6.17. The van der Waals surface area contributed by atoms with Crippen molar-refractivity contribution in [2.45, 2.75) is 26.2 Å². The number of phenolic OH excluding ortho intramolecular Hbond substituents is 1. The summed E-state index contributed by atoms with van der Waals surface area (Å²) in [5.41, 5.74) is 0.759. The maximum atomic E-state index is 12.6. The van der Waals surface area contributed by atoms with E-state index in [2.05, 4.69) is 5.32 Å². The fourth-order valence-corrected chi connectivity index (χ4v) is 2.65. The molecule has 0 fully saturated rings. The molecule has 8 heteroatoms. The number of hydrogen-bond acceptors (Lipinski definition) is 6. The zero-order chi connectivity index (χ0) is 21.8. The first-order valence-electron chi connectivity index (χ1n) is 9.75. The number of amides is 1. The third-order valence-electron chi connectivity index (χ3n) is 3.98. The molecule has 0 spiro atoms. The molecule has 2 N–H and O–H groups in total. The molecule has 0 heterocycles. The minimum atomic E-state index is -0.403. The predicted octanol–water partition coefficient (Wildman–Crippen LogP) is 4.37. The van der Waals surface area contributed by atoms with Crippen LogP contribution in [0.1, 0.15) is 36.5 Å². The molecule has 0 bridgehead atoms. The molecule has 0 aliphatic heterocycles. The molecule has 0 aliphatic rings. The molecule has 1 amide bonds. The first-order valence-corrected chi connectivity index (χ1v) is 10.3. The molecule has 2 aromatic carbocycles. The van der Waals surface area contributed by atoms with Crippen molar-refractivity contribution >= 4 is 29.2 Å². The first kappa shape index (κ1) is 23.3. The van der Waals surface area contributed by atoms with Crippen LogP contribution in [0, 0.1) is 0 Å². The molecule has 0 saturated heterocycles. The van der Waals surface area contributed by atoms with Crippen molar-refractivity contribution in [2.75, 3.05) is 31.0 Å². The Kier molecular flexibility index (Phi) is 9.80. The number of para-hydroxylation sites is 2. The lowest BCUT2D eigenvalue weighted by Gasteiger charge is -2.13. The Balaban J connectivity index is 1.95. The number of aromatic hydroxyl groups is 1. The zero-order valence-corrected chi connectivity index (χ0v) is 17.6. The van der Waals surface area contributed by atoms with Gasteiger partial charge in [0.05, 0.1) is 25.5 Å². The van der Waals surface area contributed by atoms with Crippen molar-refractivity contribution in [3.05, 3.63) is 48.0 Å². The van der Waals surface area contributed by atoms with Gasteiger partial charge in [0.25, 0.3) is 5.91 Å². The topological polar surface area (TPSA) is 94.1 Å². The third kappa shape index (κ3) is 7.48. The number of alkyl halides is 1. The lowest BCUT2D eigenvalue weighted by atomic mass is 10.1. The van der Waals surface area contributed by atoms with Crippen LogP contribution < -0.4 is 14.8 Å². The smallest absolute Gasteiger partial charge is 0.305 e. The van der Waals surface area contributed by atoms with Crippen LogP contribution in [0.25, 0.3) is 0 Å². The second-order valence-electron chi connectivity index (χ2n) is 6.28. The van der Waals surface area contributed by atoms with Gasteiger partial charge in [-0.25, -0.2) is 0 Å². The summed E-state index contributed by atoms with van der Waals surface area (Å²) in [6.45, 7) is 2.80.